The highest BCUT2D eigenvalue weighted by atomic mass is 16.5. The lowest BCUT2D eigenvalue weighted by molar-refractivity contribution is -0.150. The molecule has 0 aromatic carbocycles. The van der Waals surface area contributed by atoms with E-state index < -0.39 is 5.54 Å². The Hall–Kier alpha value is -0.610. The molecule has 0 saturated carbocycles. The zero-order valence-corrected chi connectivity index (χ0v) is 13.5. The van der Waals surface area contributed by atoms with Crippen LogP contribution in [0.5, 0.6) is 0 Å². The van der Waals surface area contributed by atoms with Crippen LogP contribution in [0.15, 0.2) is 0 Å². The quantitative estimate of drug-likeness (QED) is 0.730. The van der Waals surface area contributed by atoms with Crippen molar-refractivity contribution >= 4 is 5.97 Å². The summed E-state index contributed by atoms with van der Waals surface area (Å²) in [7, 11) is 1.84. The standard InChI is InChI=1S/C16H32N2O2/c1-4-20-15(19)16(2,17-3)11-10-14-18-12-8-6-5-7-9-13-18/h17H,4-14H2,1-3H3. The van der Waals surface area contributed by atoms with Crippen molar-refractivity contribution in [2.75, 3.05) is 33.3 Å². The topological polar surface area (TPSA) is 41.6 Å². The number of likely N-dealkylation sites (tertiary alicyclic amines) is 1. The van der Waals surface area contributed by atoms with Crippen LogP contribution in [0.1, 0.15) is 58.8 Å². The molecule has 0 radical (unpaired) electrons. The lowest BCUT2D eigenvalue weighted by atomic mass is 9.95. The van der Waals surface area contributed by atoms with Crippen molar-refractivity contribution < 1.29 is 9.53 Å². The third-order valence-electron chi connectivity index (χ3n) is 4.38. The van der Waals surface area contributed by atoms with Crippen LogP contribution >= 0.6 is 0 Å². The number of nitrogens with one attached hydrogen (secondary N) is 1. The molecule has 1 heterocycles. The van der Waals surface area contributed by atoms with Gasteiger partial charge >= 0.3 is 5.97 Å². The largest absolute Gasteiger partial charge is 0.465 e. The Kier molecular flexibility index (Phi) is 8.15. The normalized spacial score (nSPS) is 20.8. The number of likely N-dealkylation sites (N-methyl/N-ethyl adjacent to an activating group) is 1. The van der Waals surface area contributed by atoms with Crippen LogP contribution in [0, 0.1) is 0 Å². The van der Waals surface area contributed by atoms with Gasteiger partial charge in [0, 0.05) is 0 Å². The first kappa shape index (κ1) is 17.4. The minimum atomic E-state index is -0.543. The van der Waals surface area contributed by atoms with Gasteiger partial charge < -0.3 is 15.0 Å². The maximum Gasteiger partial charge on any atom is 0.326 e. The lowest BCUT2D eigenvalue weighted by Gasteiger charge is -2.29. The molecule has 20 heavy (non-hydrogen) atoms. The smallest absolute Gasteiger partial charge is 0.326 e. The van der Waals surface area contributed by atoms with Gasteiger partial charge in [0.15, 0.2) is 0 Å². The van der Waals surface area contributed by atoms with E-state index in [0.717, 1.165) is 19.4 Å². The zero-order chi connectivity index (χ0) is 14.8. The van der Waals surface area contributed by atoms with Gasteiger partial charge in [0.1, 0.15) is 5.54 Å². The molecule has 1 unspecified atom stereocenters. The highest BCUT2D eigenvalue weighted by Gasteiger charge is 2.32. The maximum atomic E-state index is 12.0. The summed E-state index contributed by atoms with van der Waals surface area (Å²) < 4.78 is 5.16. The number of ether oxygens (including phenoxy) is 1. The second-order valence-electron chi connectivity index (χ2n) is 6.02. The van der Waals surface area contributed by atoms with E-state index in [2.05, 4.69) is 10.2 Å². The van der Waals surface area contributed by atoms with Crippen molar-refractivity contribution in [3.63, 3.8) is 0 Å². The third-order valence-corrected chi connectivity index (χ3v) is 4.38. The van der Waals surface area contributed by atoms with Crippen LogP contribution in [0.2, 0.25) is 0 Å². The van der Waals surface area contributed by atoms with Crippen LogP contribution in [-0.2, 0) is 9.53 Å². The first-order valence-corrected chi connectivity index (χ1v) is 8.21. The minimum absolute atomic E-state index is 0.129. The Morgan fingerprint density at radius 2 is 1.80 bits per heavy atom. The van der Waals surface area contributed by atoms with Crippen LogP contribution in [0.25, 0.3) is 0 Å². The molecule has 0 bridgehead atoms. The number of rotatable bonds is 7. The van der Waals surface area contributed by atoms with Crippen molar-refractivity contribution in [1.29, 1.82) is 0 Å². The molecule has 1 saturated heterocycles. The van der Waals surface area contributed by atoms with Gasteiger partial charge in [-0.25, -0.2) is 0 Å². The van der Waals surface area contributed by atoms with E-state index in [1.165, 1.54) is 45.2 Å². The molecule has 118 valence electrons. The molecular weight excluding hydrogens is 252 g/mol. The van der Waals surface area contributed by atoms with Crippen LogP contribution in [-0.4, -0.2) is 49.7 Å². The fourth-order valence-corrected chi connectivity index (χ4v) is 2.81. The molecule has 1 fully saturated rings. The van der Waals surface area contributed by atoms with Crippen LogP contribution in [0.3, 0.4) is 0 Å². The summed E-state index contributed by atoms with van der Waals surface area (Å²) in [5.74, 6) is -0.129. The molecule has 4 heteroatoms. The lowest BCUT2D eigenvalue weighted by Crippen LogP contribution is -2.49. The monoisotopic (exact) mass is 284 g/mol. The van der Waals surface area contributed by atoms with Crippen molar-refractivity contribution in [2.45, 2.75) is 64.3 Å². The Labute approximate surface area is 124 Å². The van der Waals surface area contributed by atoms with E-state index in [9.17, 15) is 4.79 Å². The molecule has 1 aliphatic rings. The van der Waals surface area contributed by atoms with E-state index in [4.69, 9.17) is 4.74 Å². The highest BCUT2D eigenvalue weighted by molar-refractivity contribution is 5.80. The third kappa shape index (κ3) is 5.80. The van der Waals surface area contributed by atoms with Gasteiger partial charge in [0.25, 0.3) is 0 Å². The van der Waals surface area contributed by atoms with Gasteiger partial charge in [-0.15, -0.1) is 0 Å². The van der Waals surface area contributed by atoms with E-state index in [-0.39, 0.29) is 5.97 Å². The minimum Gasteiger partial charge on any atom is -0.465 e. The predicted molar refractivity (Wildman–Crippen MR) is 82.9 cm³/mol. The van der Waals surface area contributed by atoms with Gasteiger partial charge in [-0.1, -0.05) is 19.3 Å². The van der Waals surface area contributed by atoms with E-state index >= 15 is 0 Å². The Morgan fingerprint density at radius 3 is 2.35 bits per heavy atom. The average molecular weight is 284 g/mol. The average Bonchev–Trinajstić information content (AvgIpc) is 2.41. The first-order valence-electron chi connectivity index (χ1n) is 8.21. The molecule has 4 nitrogen and oxygen atoms in total. The van der Waals surface area contributed by atoms with Gasteiger partial charge in [-0.3, -0.25) is 4.79 Å². The van der Waals surface area contributed by atoms with Crippen molar-refractivity contribution in [1.82, 2.24) is 10.2 Å². The summed E-state index contributed by atoms with van der Waals surface area (Å²) in [5.41, 5.74) is -0.543. The summed E-state index contributed by atoms with van der Waals surface area (Å²) in [5, 5.41) is 3.13. The van der Waals surface area contributed by atoms with Gasteiger partial charge in [0.05, 0.1) is 6.61 Å². The van der Waals surface area contributed by atoms with Crippen molar-refractivity contribution in [2.24, 2.45) is 0 Å². The summed E-state index contributed by atoms with van der Waals surface area (Å²) in [6.45, 7) is 7.77. The molecule has 0 aromatic rings. The number of carbonyl (C=O) groups is 1. The summed E-state index contributed by atoms with van der Waals surface area (Å²) in [6.07, 6.45) is 8.65. The van der Waals surface area contributed by atoms with Crippen molar-refractivity contribution in [3.05, 3.63) is 0 Å². The number of esters is 1. The number of hydrogen-bond acceptors (Lipinski definition) is 4. The molecule has 1 aliphatic heterocycles. The van der Waals surface area contributed by atoms with Crippen LogP contribution in [0.4, 0.5) is 0 Å². The Bertz CT molecular complexity index is 276. The summed E-state index contributed by atoms with van der Waals surface area (Å²) in [4.78, 5) is 14.5. The van der Waals surface area contributed by atoms with Gasteiger partial charge in [-0.2, -0.15) is 0 Å². The van der Waals surface area contributed by atoms with E-state index in [1.54, 1.807) is 0 Å². The predicted octanol–water partition coefficient (Wildman–Crippen LogP) is 2.57. The van der Waals surface area contributed by atoms with E-state index in [1.807, 2.05) is 20.9 Å². The van der Waals surface area contributed by atoms with Gasteiger partial charge in [-0.05, 0) is 66.2 Å². The second-order valence-corrected chi connectivity index (χ2v) is 6.02. The fourth-order valence-electron chi connectivity index (χ4n) is 2.81. The Balaban J connectivity index is 2.34. The zero-order valence-electron chi connectivity index (χ0n) is 13.5. The number of carbonyl (C=O) groups excluding carboxylic acids is 1. The molecular formula is C16H32N2O2. The number of hydrogen-bond donors (Lipinski definition) is 1. The second kappa shape index (κ2) is 9.35. The highest BCUT2D eigenvalue weighted by Crippen LogP contribution is 2.16. The fraction of sp³-hybridized carbons (Fsp3) is 0.938. The summed E-state index contributed by atoms with van der Waals surface area (Å²) in [6, 6.07) is 0. The molecule has 1 N–H and O–H groups in total. The van der Waals surface area contributed by atoms with Crippen molar-refractivity contribution in [3.8, 4) is 0 Å². The molecule has 1 atom stereocenters. The summed E-state index contributed by atoms with van der Waals surface area (Å²) >= 11 is 0. The molecule has 1 rings (SSSR count). The Morgan fingerprint density at radius 1 is 1.20 bits per heavy atom. The molecule has 0 aliphatic carbocycles. The van der Waals surface area contributed by atoms with E-state index in [0.29, 0.717) is 6.61 Å². The number of nitrogens with zero attached hydrogens (tertiary/aromatic N) is 1. The molecule has 0 aromatic heterocycles. The van der Waals surface area contributed by atoms with Gasteiger partial charge in [0.2, 0.25) is 0 Å². The SMILES string of the molecule is CCOC(=O)C(C)(CCCN1CCCCCCC1)NC. The molecule has 0 amide bonds. The molecule has 0 spiro atoms. The first-order chi connectivity index (χ1) is 9.62. The van der Waals surface area contributed by atoms with Crippen LogP contribution < -0.4 is 5.32 Å². The maximum absolute atomic E-state index is 12.0.